The summed E-state index contributed by atoms with van der Waals surface area (Å²) in [6.07, 6.45) is 1.20. The molecule has 0 aliphatic carbocycles. The molecule has 0 saturated heterocycles. The minimum atomic E-state index is 0.380. The van der Waals surface area contributed by atoms with Crippen molar-refractivity contribution in [2.24, 2.45) is 5.92 Å². The first-order valence-electron chi connectivity index (χ1n) is 8.04. The number of likely N-dealkylation sites (N-methyl/N-ethyl adjacent to an activating group) is 2. The van der Waals surface area contributed by atoms with E-state index in [2.05, 4.69) is 82.2 Å². The molecule has 1 rings (SSSR count). The van der Waals surface area contributed by atoms with Crippen LogP contribution >= 0.6 is 0 Å². The smallest absolute Gasteiger partial charge is 0.0478 e. The van der Waals surface area contributed by atoms with Crippen molar-refractivity contribution in [3.05, 3.63) is 35.9 Å². The zero-order valence-electron chi connectivity index (χ0n) is 14.1. The monoisotopic (exact) mass is 276 g/mol. The van der Waals surface area contributed by atoms with E-state index >= 15 is 0 Å². The van der Waals surface area contributed by atoms with Gasteiger partial charge in [0.1, 0.15) is 0 Å². The SMILES string of the molecule is CCC(C)N(CC)C(C(C)C)C(NC)c1ccccc1. The lowest BCUT2D eigenvalue weighted by molar-refractivity contribution is 0.0847. The molecule has 0 aliphatic heterocycles. The van der Waals surface area contributed by atoms with Crippen LogP contribution in [0, 0.1) is 5.92 Å². The van der Waals surface area contributed by atoms with E-state index in [1.807, 2.05) is 0 Å². The van der Waals surface area contributed by atoms with E-state index in [1.165, 1.54) is 12.0 Å². The minimum Gasteiger partial charge on any atom is -0.312 e. The molecule has 0 fully saturated rings. The molecule has 1 aromatic rings. The van der Waals surface area contributed by atoms with E-state index in [0.717, 1.165) is 6.54 Å². The summed E-state index contributed by atoms with van der Waals surface area (Å²) in [5, 5.41) is 3.55. The lowest BCUT2D eigenvalue weighted by atomic mass is 9.88. The van der Waals surface area contributed by atoms with Crippen LogP contribution in [0.25, 0.3) is 0 Å². The van der Waals surface area contributed by atoms with Gasteiger partial charge in [0.05, 0.1) is 0 Å². The largest absolute Gasteiger partial charge is 0.312 e. The Balaban J connectivity index is 3.09. The van der Waals surface area contributed by atoms with E-state index in [4.69, 9.17) is 0 Å². The molecule has 0 radical (unpaired) electrons. The summed E-state index contributed by atoms with van der Waals surface area (Å²) >= 11 is 0. The first kappa shape index (κ1) is 17.2. The molecule has 0 aromatic heterocycles. The molecule has 114 valence electrons. The molecule has 2 heteroatoms. The molecule has 2 nitrogen and oxygen atoms in total. The van der Waals surface area contributed by atoms with Crippen LogP contribution in [0.3, 0.4) is 0 Å². The molecule has 0 aliphatic rings. The lowest BCUT2D eigenvalue weighted by Crippen LogP contribution is -2.50. The van der Waals surface area contributed by atoms with Crippen molar-refractivity contribution in [2.45, 2.75) is 59.2 Å². The maximum atomic E-state index is 3.55. The first-order chi connectivity index (χ1) is 9.56. The third-order valence-corrected chi connectivity index (χ3v) is 4.40. The zero-order valence-corrected chi connectivity index (χ0v) is 14.1. The van der Waals surface area contributed by atoms with E-state index < -0.39 is 0 Å². The summed E-state index contributed by atoms with van der Waals surface area (Å²) in [6.45, 7) is 12.7. The Labute approximate surface area is 125 Å². The van der Waals surface area contributed by atoms with E-state index in [1.54, 1.807) is 0 Å². The number of nitrogens with zero attached hydrogens (tertiary/aromatic N) is 1. The van der Waals surface area contributed by atoms with Gasteiger partial charge in [-0.1, -0.05) is 58.0 Å². The lowest BCUT2D eigenvalue weighted by Gasteiger charge is -2.42. The molecule has 0 spiro atoms. The second-order valence-corrected chi connectivity index (χ2v) is 6.00. The van der Waals surface area contributed by atoms with Crippen LogP contribution in [0.2, 0.25) is 0 Å². The normalized spacial score (nSPS) is 16.4. The highest BCUT2D eigenvalue weighted by atomic mass is 15.2. The van der Waals surface area contributed by atoms with Crippen molar-refractivity contribution in [3.8, 4) is 0 Å². The van der Waals surface area contributed by atoms with Gasteiger partial charge in [0, 0.05) is 18.1 Å². The van der Waals surface area contributed by atoms with Gasteiger partial charge in [-0.2, -0.15) is 0 Å². The fourth-order valence-electron chi connectivity index (χ4n) is 3.21. The Morgan fingerprint density at radius 2 is 1.65 bits per heavy atom. The van der Waals surface area contributed by atoms with Gasteiger partial charge in [0.2, 0.25) is 0 Å². The molecular formula is C18H32N2. The maximum absolute atomic E-state index is 3.55. The predicted molar refractivity (Wildman–Crippen MR) is 89.0 cm³/mol. The van der Waals surface area contributed by atoms with Crippen LogP contribution in [0.1, 0.15) is 52.6 Å². The van der Waals surface area contributed by atoms with Crippen LogP contribution in [0.5, 0.6) is 0 Å². The Hall–Kier alpha value is -0.860. The van der Waals surface area contributed by atoms with Crippen molar-refractivity contribution in [3.63, 3.8) is 0 Å². The molecular weight excluding hydrogens is 244 g/mol. The van der Waals surface area contributed by atoms with Gasteiger partial charge in [-0.25, -0.2) is 0 Å². The highest BCUT2D eigenvalue weighted by molar-refractivity contribution is 5.21. The standard InChI is InChI=1S/C18H32N2/c1-7-15(5)20(8-2)18(14(3)4)17(19-6)16-12-10-9-11-13-16/h9-15,17-19H,7-8H2,1-6H3. The Morgan fingerprint density at radius 1 is 1.05 bits per heavy atom. The average molecular weight is 276 g/mol. The first-order valence-corrected chi connectivity index (χ1v) is 8.04. The third-order valence-electron chi connectivity index (χ3n) is 4.40. The van der Waals surface area contributed by atoms with Crippen molar-refractivity contribution in [1.29, 1.82) is 0 Å². The fraction of sp³-hybridized carbons (Fsp3) is 0.667. The second kappa shape index (κ2) is 8.43. The summed E-state index contributed by atoms with van der Waals surface area (Å²) in [5.41, 5.74) is 1.38. The Kier molecular flexibility index (Phi) is 7.25. The number of hydrogen-bond acceptors (Lipinski definition) is 2. The van der Waals surface area contributed by atoms with E-state index in [0.29, 0.717) is 24.0 Å². The zero-order chi connectivity index (χ0) is 15.1. The van der Waals surface area contributed by atoms with Gasteiger partial charge < -0.3 is 5.32 Å². The summed E-state index contributed by atoms with van der Waals surface area (Å²) in [7, 11) is 2.08. The summed E-state index contributed by atoms with van der Waals surface area (Å²) in [4.78, 5) is 2.65. The van der Waals surface area contributed by atoms with Gasteiger partial charge in [0.15, 0.2) is 0 Å². The fourth-order valence-corrected chi connectivity index (χ4v) is 3.21. The summed E-state index contributed by atoms with van der Waals surface area (Å²) < 4.78 is 0. The molecule has 0 heterocycles. The second-order valence-electron chi connectivity index (χ2n) is 6.00. The number of hydrogen-bond donors (Lipinski definition) is 1. The predicted octanol–water partition coefficient (Wildman–Crippen LogP) is 4.09. The molecule has 20 heavy (non-hydrogen) atoms. The van der Waals surface area contributed by atoms with Crippen molar-refractivity contribution >= 4 is 0 Å². The molecule has 0 amide bonds. The van der Waals surface area contributed by atoms with Crippen LogP contribution < -0.4 is 5.32 Å². The van der Waals surface area contributed by atoms with Crippen LogP contribution in [-0.4, -0.2) is 30.6 Å². The van der Waals surface area contributed by atoms with Crippen molar-refractivity contribution < 1.29 is 0 Å². The van der Waals surface area contributed by atoms with Crippen LogP contribution in [0.4, 0.5) is 0 Å². The minimum absolute atomic E-state index is 0.380. The molecule has 1 N–H and O–H groups in total. The Morgan fingerprint density at radius 3 is 2.05 bits per heavy atom. The van der Waals surface area contributed by atoms with Gasteiger partial charge in [-0.15, -0.1) is 0 Å². The van der Waals surface area contributed by atoms with Gasteiger partial charge >= 0.3 is 0 Å². The van der Waals surface area contributed by atoms with Gasteiger partial charge in [0.25, 0.3) is 0 Å². The molecule has 1 aromatic carbocycles. The Bertz CT molecular complexity index is 361. The van der Waals surface area contributed by atoms with Gasteiger partial charge in [-0.3, -0.25) is 4.90 Å². The summed E-state index contributed by atoms with van der Waals surface area (Å²) in [6, 6.07) is 12.3. The number of rotatable bonds is 8. The van der Waals surface area contributed by atoms with Crippen molar-refractivity contribution in [1.82, 2.24) is 10.2 Å². The van der Waals surface area contributed by atoms with Crippen molar-refractivity contribution in [2.75, 3.05) is 13.6 Å². The molecule has 0 saturated carbocycles. The van der Waals surface area contributed by atoms with Gasteiger partial charge in [-0.05, 0) is 38.4 Å². The molecule has 0 bridgehead atoms. The third kappa shape index (κ3) is 4.07. The highest BCUT2D eigenvalue weighted by Crippen LogP contribution is 2.28. The number of benzene rings is 1. The summed E-state index contributed by atoms with van der Waals surface area (Å²) in [5.74, 6) is 0.613. The van der Waals surface area contributed by atoms with Crippen LogP contribution in [0.15, 0.2) is 30.3 Å². The topological polar surface area (TPSA) is 15.3 Å². The quantitative estimate of drug-likeness (QED) is 0.769. The molecule has 3 unspecified atom stereocenters. The number of nitrogens with one attached hydrogen (secondary N) is 1. The highest BCUT2D eigenvalue weighted by Gasteiger charge is 2.31. The average Bonchev–Trinajstić information content (AvgIpc) is 2.47. The molecule has 3 atom stereocenters. The van der Waals surface area contributed by atoms with E-state index in [9.17, 15) is 0 Å². The van der Waals surface area contributed by atoms with Crippen LogP contribution in [-0.2, 0) is 0 Å². The van der Waals surface area contributed by atoms with E-state index in [-0.39, 0.29) is 0 Å². The maximum Gasteiger partial charge on any atom is 0.0478 e.